The lowest BCUT2D eigenvalue weighted by Gasteiger charge is -2.27. The van der Waals surface area contributed by atoms with Crippen LogP contribution < -0.4 is 5.73 Å². The van der Waals surface area contributed by atoms with Gasteiger partial charge in [0, 0.05) is 12.6 Å². The van der Waals surface area contributed by atoms with E-state index < -0.39 is 0 Å². The average Bonchev–Trinajstić information content (AvgIpc) is 2.45. The second kappa shape index (κ2) is 6.69. The van der Waals surface area contributed by atoms with Gasteiger partial charge >= 0.3 is 0 Å². The van der Waals surface area contributed by atoms with Gasteiger partial charge in [-0.15, -0.1) is 0 Å². The van der Waals surface area contributed by atoms with Gasteiger partial charge in [-0.3, -0.25) is 4.90 Å². The molecule has 0 saturated carbocycles. The van der Waals surface area contributed by atoms with Gasteiger partial charge in [0.15, 0.2) is 0 Å². The van der Waals surface area contributed by atoms with E-state index in [-0.39, 0.29) is 0 Å². The molecule has 2 rings (SSSR count). The summed E-state index contributed by atoms with van der Waals surface area (Å²) < 4.78 is 0. The number of likely N-dealkylation sites (N-methyl/N-ethyl adjacent to an activating group) is 1. The molecule has 0 heterocycles. The Hall–Kier alpha value is -1.38. The predicted molar refractivity (Wildman–Crippen MR) is 83.3 cm³/mol. The van der Waals surface area contributed by atoms with E-state index in [1.54, 1.807) is 0 Å². The number of hydrogen-bond acceptors (Lipinski definition) is 2. The minimum absolute atomic E-state index is 0.316. The quantitative estimate of drug-likeness (QED) is 0.856. The number of benzene rings is 2. The van der Waals surface area contributed by atoms with Crippen molar-refractivity contribution in [1.82, 2.24) is 4.90 Å². The van der Waals surface area contributed by atoms with Crippen LogP contribution >= 0.6 is 0 Å². The van der Waals surface area contributed by atoms with E-state index in [0.29, 0.717) is 12.6 Å². The van der Waals surface area contributed by atoms with Crippen molar-refractivity contribution in [3.63, 3.8) is 0 Å². The summed E-state index contributed by atoms with van der Waals surface area (Å²) in [5.74, 6) is 0. The summed E-state index contributed by atoms with van der Waals surface area (Å²) in [7, 11) is 2.17. The normalized spacial score (nSPS) is 13.1. The molecule has 2 aromatic carbocycles. The molecule has 102 valence electrons. The van der Waals surface area contributed by atoms with E-state index in [1.807, 2.05) is 0 Å². The van der Waals surface area contributed by atoms with Gasteiger partial charge in [0.2, 0.25) is 0 Å². The molecule has 2 heteroatoms. The second-order valence-corrected chi connectivity index (χ2v) is 5.19. The summed E-state index contributed by atoms with van der Waals surface area (Å²) in [5.41, 5.74) is 7.30. The van der Waals surface area contributed by atoms with E-state index >= 15 is 0 Å². The highest BCUT2D eigenvalue weighted by atomic mass is 15.1. The molecule has 1 atom stereocenters. The molecule has 19 heavy (non-hydrogen) atoms. The number of nitrogens with zero attached hydrogens (tertiary/aromatic N) is 1. The van der Waals surface area contributed by atoms with Crippen LogP contribution in [-0.2, 0) is 0 Å². The Morgan fingerprint density at radius 3 is 2.53 bits per heavy atom. The average molecular weight is 256 g/mol. The van der Waals surface area contributed by atoms with Crippen LogP contribution in [-0.4, -0.2) is 25.0 Å². The molecule has 0 fully saturated rings. The van der Waals surface area contributed by atoms with Crippen LogP contribution in [0.1, 0.15) is 31.4 Å². The molecule has 0 radical (unpaired) electrons. The van der Waals surface area contributed by atoms with Crippen molar-refractivity contribution in [1.29, 1.82) is 0 Å². The molecule has 0 aliphatic heterocycles. The molecule has 0 aromatic heterocycles. The largest absolute Gasteiger partial charge is 0.329 e. The lowest BCUT2D eigenvalue weighted by Crippen LogP contribution is -2.31. The third kappa shape index (κ3) is 3.34. The molecular weight excluding hydrogens is 232 g/mol. The van der Waals surface area contributed by atoms with E-state index in [2.05, 4.69) is 61.3 Å². The predicted octanol–water partition coefficient (Wildman–Crippen LogP) is 3.57. The van der Waals surface area contributed by atoms with Crippen LogP contribution in [0.3, 0.4) is 0 Å². The van der Waals surface area contributed by atoms with Gasteiger partial charge in [-0.05, 0) is 42.4 Å². The van der Waals surface area contributed by atoms with E-state index in [4.69, 9.17) is 5.73 Å². The monoisotopic (exact) mass is 256 g/mol. The summed E-state index contributed by atoms with van der Waals surface area (Å²) in [5, 5.41) is 2.58. The molecule has 0 spiro atoms. The fraction of sp³-hybridized carbons (Fsp3) is 0.412. The number of unbranched alkanes of at least 4 members (excludes halogenated alkanes) is 1. The summed E-state index contributed by atoms with van der Waals surface area (Å²) in [6.45, 7) is 3.99. The third-order valence-electron chi connectivity index (χ3n) is 3.78. The van der Waals surface area contributed by atoms with Crippen LogP contribution in [0.15, 0.2) is 42.5 Å². The Bertz CT molecular complexity index is 521. The molecule has 0 amide bonds. The SMILES string of the molecule is CCCCN(C)C(CN)c1ccc2ccccc2c1. The van der Waals surface area contributed by atoms with Gasteiger partial charge in [-0.2, -0.15) is 0 Å². The fourth-order valence-electron chi connectivity index (χ4n) is 2.55. The van der Waals surface area contributed by atoms with Gasteiger partial charge in [0.05, 0.1) is 0 Å². The van der Waals surface area contributed by atoms with Crippen molar-refractivity contribution >= 4 is 10.8 Å². The number of fused-ring (bicyclic) bond motifs is 1. The Balaban J connectivity index is 2.24. The zero-order valence-corrected chi connectivity index (χ0v) is 12.0. The highest BCUT2D eigenvalue weighted by Gasteiger charge is 2.15. The van der Waals surface area contributed by atoms with Crippen LogP contribution in [0.5, 0.6) is 0 Å². The minimum atomic E-state index is 0.316. The Morgan fingerprint density at radius 2 is 1.84 bits per heavy atom. The first-order chi connectivity index (χ1) is 9.26. The molecule has 1 unspecified atom stereocenters. The summed E-state index contributed by atoms with van der Waals surface area (Å²) in [6.07, 6.45) is 2.44. The molecule has 0 aliphatic rings. The highest BCUT2D eigenvalue weighted by molar-refractivity contribution is 5.83. The van der Waals surface area contributed by atoms with Crippen molar-refractivity contribution < 1.29 is 0 Å². The van der Waals surface area contributed by atoms with Crippen molar-refractivity contribution in [2.75, 3.05) is 20.1 Å². The molecule has 2 nitrogen and oxygen atoms in total. The van der Waals surface area contributed by atoms with Crippen LogP contribution in [0.25, 0.3) is 10.8 Å². The maximum Gasteiger partial charge on any atom is 0.0467 e. The highest BCUT2D eigenvalue weighted by Crippen LogP contribution is 2.23. The van der Waals surface area contributed by atoms with Gasteiger partial charge in [0.25, 0.3) is 0 Å². The molecule has 0 bridgehead atoms. The minimum Gasteiger partial charge on any atom is -0.329 e. The summed E-state index contributed by atoms with van der Waals surface area (Å²) in [6, 6.07) is 15.5. The maximum absolute atomic E-state index is 5.98. The molecular formula is C17H24N2. The number of nitrogens with two attached hydrogens (primary N) is 1. The Labute approximate surface area is 116 Å². The molecule has 0 saturated heterocycles. The van der Waals surface area contributed by atoms with Gasteiger partial charge < -0.3 is 5.73 Å². The first-order valence-corrected chi connectivity index (χ1v) is 7.15. The molecule has 2 N–H and O–H groups in total. The van der Waals surface area contributed by atoms with Gasteiger partial charge in [-0.25, -0.2) is 0 Å². The Morgan fingerprint density at radius 1 is 1.11 bits per heavy atom. The maximum atomic E-state index is 5.98. The van der Waals surface area contributed by atoms with E-state index in [1.165, 1.54) is 29.2 Å². The zero-order valence-electron chi connectivity index (χ0n) is 12.0. The lowest BCUT2D eigenvalue weighted by molar-refractivity contribution is 0.246. The number of hydrogen-bond donors (Lipinski definition) is 1. The van der Waals surface area contributed by atoms with Crippen LogP contribution in [0.2, 0.25) is 0 Å². The molecule has 2 aromatic rings. The van der Waals surface area contributed by atoms with Crippen molar-refractivity contribution in [3.8, 4) is 0 Å². The van der Waals surface area contributed by atoms with E-state index in [9.17, 15) is 0 Å². The third-order valence-corrected chi connectivity index (χ3v) is 3.78. The van der Waals surface area contributed by atoms with Gasteiger partial charge in [0.1, 0.15) is 0 Å². The van der Waals surface area contributed by atoms with Crippen molar-refractivity contribution in [2.45, 2.75) is 25.8 Å². The number of rotatable bonds is 6. The standard InChI is InChI=1S/C17H24N2/c1-3-4-11-19(2)17(13-18)16-10-9-14-7-5-6-8-15(14)12-16/h5-10,12,17H,3-4,11,13,18H2,1-2H3. The van der Waals surface area contributed by atoms with Gasteiger partial charge in [-0.1, -0.05) is 49.7 Å². The summed E-state index contributed by atoms with van der Waals surface area (Å²) in [4.78, 5) is 2.37. The van der Waals surface area contributed by atoms with Crippen molar-refractivity contribution in [3.05, 3.63) is 48.0 Å². The van der Waals surface area contributed by atoms with Crippen LogP contribution in [0, 0.1) is 0 Å². The fourth-order valence-corrected chi connectivity index (χ4v) is 2.55. The first-order valence-electron chi connectivity index (χ1n) is 7.15. The smallest absolute Gasteiger partial charge is 0.0467 e. The topological polar surface area (TPSA) is 29.3 Å². The van der Waals surface area contributed by atoms with Crippen molar-refractivity contribution in [2.24, 2.45) is 5.73 Å². The second-order valence-electron chi connectivity index (χ2n) is 5.19. The summed E-state index contributed by atoms with van der Waals surface area (Å²) >= 11 is 0. The Kier molecular flexibility index (Phi) is 4.94. The lowest BCUT2D eigenvalue weighted by atomic mass is 10.0. The zero-order chi connectivity index (χ0) is 13.7. The van der Waals surface area contributed by atoms with E-state index in [0.717, 1.165) is 6.54 Å². The van der Waals surface area contributed by atoms with Crippen LogP contribution in [0.4, 0.5) is 0 Å². The molecule has 0 aliphatic carbocycles. The first kappa shape index (κ1) is 14.0.